The molecule has 162 valence electrons. The van der Waals surface area contributed by atoms with E-state index in [1.54, 1.807) is 12.1 Å². The van der Waals surface area contributed by atoms with Gasteiger partial charge in [0.25, 0.3) is 5.91 Å². The van der Waals surface area contributed by atoms with E-state index in [1.807, 2.05) is 42.5 Å². The van der Waals surface area contributed by atoms with Gasteiger partial charge in [-0.05, 0) is 23.6 Å². The normalized spacial score (nSPS) is 16.9. The molecule has 0 unspecified atom stereocenters. The summed E-state index contributed by atoms with van der Waals surface area (Å²) in [6.45, 7) is 0.407. The third kappa shape index (κ3) is 5.48. The SMILES string of the molecule is CON=C1C[C@@H](C(=O)NCCCC(=O)O)N(C(=O)c2ccccc2-c2ccccc2)C1. The molecule has 2 aromatic carbocycles. The molecule has 1 fully saturated rings. The first-order valence-electron chi connectivity index (χ1n) is 10.0. The van der Waals surface area contributed by atoms with Gasteiger partial charge in [-0.15, -0.1) is 0 Å². The molecule has 0 aromatic heterocycles. The number of rotatable bonds is 8. The van der Waals surface area contributed by atoms with Crippen LogP contribution in [0.25, 0.3) is 11.1 Å². The Morgan fingerprint density at radius 1 is 1.13 bits per heavy atom. The van der Waals surface area contributed by atoms with Gasteiger partial charge in [-0.3, -0.25) is 14.4 Å². The molecule has 1 atom stereocenters. The van der Waals surface area contributed by atoms with E-state index in [9.17, 15) is 14.4 Å². The Labute approximate surface area is 180 Å². The summed E-state index contributed by atoms with van der Waals surface area (Å²) >= 11 is 0. The van der Waals surface area contributed by atoms with Crippen molar-refractivity contribution in [2.75, 3.05) is 20.2 Å². The molecule has 3 rings (SSSR count). The minimum absolute atomic E-state index is 0.0333. The van der Waals surface area contributed by atoms with Gasteiger partial charge in [-0.1, -0.05) is 53.7 Å². The van der Waals surface area contributed by atoms with Crippen molar-refractivity contribution in [3.05, 3.63) is 60.2 Å². The lowest BCUT2D eigenvalue weighted by Gasteiger charge is -2.24. The van der Waals surface area contributed by atoms with Gasteiger partial charge in [0.05, 0.1) is 12.3 Å². The summed E-state index contributed by atoms with van der Waals surface area (Å²) in [6, 6.07) is 16.1. The maximum absolute atomic E-state index is 13.5. The van der Waals surface area contributed by atoms with Crippen LogP contribution in [0.2, 0.25) is 0 Å². The van der Waals surface area contributed by atoms with Crippen LogP contribution in [0.15, 0.2) is 59.8 Å². The lowest BCUT2D eigenvalue weighted by molar-refractivity contribution is -0.137. The number of carboxylic acid groups (broad SMARTS) is 1. The van der Waals surface area contributed by atoms with E-state index in [2.05, 4.69) is 10.5 Å². The molecular weight excluding hydrogens is 398 g/mol. The van der Waals surface area contributed by atoms with Crippen molar-refractivity contribution in [3.8, 4) is 11.1 Å². The molecule has 2 amide bonds. The first-order valence-corrected chi connectivity index (χ1v) is 10.0. The highest BCUT2D eigenvalue weighted by molar-refractivity contribution is 6.08. The quantitative estimate of drug-likeness (QED) is 0.501. The van der Waals surface area contributed by atoms with Gasteiger partial charge in [-0.25, -0.2) is 0 Å². The number of hydrogen-bond donors (Lipinski definition) is 2. The summed E-state index contributed by atoms with van der Waals surface area (Å²) in [5, 5.41) is 15.4. The summed E-state index contributed by atoms with van der Waals surface area (Å²) in [4.78, 5) is 43.3. The summed E-state index contributed by atoms with van der Waals surface area (Å²) in [7, 11) is 1.42. The van der Waals surface area contributed by atoms with Crippen molar-refractivity contribution < 1.29 is 24.3 Å². The van der Waals surface area contributed by atoms with Crippen LogP contribution in [0.3, 0.4) is 0 Å². The molecule has 1 saturated heterocycles. The molecule has 0 bridgehead atoms. The first kappa shape index (κ1) is 22.0. The summed E-state index contributed by atoms with van der Waals surface area (Å²) < 4.78 is 0. The summed E-state index contributed by atoms with van der Waals surface area (Å²) in [6.07, 6.45) is 0.546. The van der Waals surface area contributed by atoms with E-state index < -0.39 is 12.0 Å². The highest BCUT2D eigenvalue weighted by atomic mass is 16.6. The Morgan fingerprint density at radius 3 is 2.55 bits per heavy atom. The highest BCUT2D eigenvalue weighted by Crippen LogP contribution is 2.27. The summed E-state index contributed by atoms with van der Waals surface area (Å²) in [5.74, 6) is -1.53. The number of likely N-dealkylation sites (tertiary alicyclic amines) is 1. The molecule has 31 heavy (non-hydrogen) atoms. The molecule has 0 saturated carbocycles. The fourth-order valence-electron chi connectivity index (χ4n) is 3.61. The molecule has 0 spiro atoms. The Balaban J connectivity index is 1.83. The average molecular weight is 423 g/mol. The molecule has 2 N–H and O–H groups in total. The monoisotopic (exact) mass is 423 g/mol. The Hall–Kier alpha value is -3.68. The zero-order chi connectivity index (χ0) is 22.2. The molecule has 0 aliphatic carbocycles. The number of carboxylic acids is 1. The van der Waals surface area contributed by atoms with Gasteiger partial charge in [-0.2, -0.15) is 0 Å². The fourth-order valence-corrected chi connectivity index (χ4v) is 3.61. The third-order valence-corrected chi connectivity index (χ3v) is 5.05. The number of oxime groups is 1. The topological polar surface area (TPSA) is 108 Å². The van der Waals surface area contributed by atoms with Gasteiger partial charge in [0, 0.05) is 24.9 Å². The molecule has 1 aliphatic rings. The zero-order valence-electron chi connectivity index (χ0n) is 17.3. The maximum atomic E-state index is 13.5. The molecule has 0 radical (unpaired) electrons. The van der Waals surface area contributed by atoms with Gasteiger partial charge in [0.1, 0.15) is 13.2 Å². The van der Waals surface area contributed by atoms with Crippen molar-refractivity contribution in [1.82, 2.24) is 10.2 Å². The number of hydrogen-bond acceptors (Lipinski definition) is 5. The molecule has 1 aliphatic heterocycles. The van der Waals surface area contributed by atoms with E-state index in [0.717, 1.165) is 11.1 Å². The van der Waals surface area contributed by atoms with Gasteiger partial charge < -0.3 is 20.2 Å². The van der Waals surface area contributed by atoms with Crippen LogP contribution < -0.4 is 5.32 Å². The van der Waals surface area contributed by atoms with Crippen LogP contribution >= 0.6 is 0 Å². The second-order valence-corrected chi connectivity index (χ2v) is 7.19. The van der Waals surface area contributed by atoms with Crippen molar-refractivity contribution in [1.29, 1.82) is 0 Å². The van der Waals surface area contributed by atoms with Crippen LogP contribution in [-0.2, 0) is 14.4 Å². The van der Waals surface area contributed by atoms with Crippen molar-refractivity contribution in [2.45, 2.75) is 25.3 Å². The number of nitrogens with zero attached hydrogens (tertiary/aromatic N) is 2. The molecule has 8 heteroatoms. The molecule has 1 heterocycles. The molecular formula is C23H25N3O5. The van der Waals surface area contributed by atoms with E-state index in [1.165, 1.54) is 12.0 Å². The minimum Gasteiger partial charge on any atom is -0.481 e. The van der Waals surface area contributed by atoms with Crippen LogP contribution in [0, 0.1) is 0 Å². The van der Waals surface area contributed by atoms with Crippen LogP contribution in [-0.4, -0.2) is 59.7 Å². The van der Waals surface area contributed by atoms with E-state index >= 15 is 0 Å². The zero-order valence-corrected chi connectivity index (χ0v) is 17.3. The second kappa shape index (κ2) is 10.4. The number of amides is 2. The van der Waals surface area contributed by atoms with Crippen LogP contribution in [0.1, 0.15) is 29.6 Å². The van der Waals surface area contributed by atoms with E-state index in [4.69, 9.17) is 9.94 Å². The Kier molecular flexibility index (Phi) is 7.37. The fraction of sp³-hybridized carbons (Fsp3) is 0.304. The average Bonchev–Trinajstić information content (AvgIpc) is 3.21. The van der Waals surface area contributed by atoms with Gasteiger partial charge in [0.15, 0.2) is 0 Å². The van der Waals surface area contributed by atoms with Crippen LogP contribution in [0.4, 0.5) is 0 Å². The third-order valence-electron chi connectivity index (χ3n) is 5.05. The Morgan fingerprint density at radius 2 is 1.84 bits per heavy atom. The predicted molar refractivity (Wildman–Crippen MR) is 116 cm³/mol. The standard InChI is InChI=1S/C23H25N3O5/c1-31-25-17-14-20(22(29)24-13-7-12-21(27)28)26(15-17)23(30)19-11-6-5-10-18(19)16-8-3-2-4-9-16/h2-6,8-11,20H,7,12-15H2,1H3,(H,24,29)(H,27,28)/t20-/m0/s1. The van der Waals surface area contributed by atoms with E-state index in [0.29, 0.717) is 17.7 Å². The van der Waals surface area contributed by atoms with Gasteiger partial charge >= 0.3 is 5.97 Å². The van der Waals surface area contributed by atoms with Crippen molar-refractivity contribution >= 4 is 23.5 Å². The number of carbonyl (C=O) groups excluding carboxylic acids is 2. The predicted octanol–water partition coefficient (Wildman–Crippen LogP) is 2.55. The number of carbonyl (C=O) groups is 3. The van der Waals surface area contributed by atoms with E-state index in [-0.39, 0.29) is 37.7 Å². The van der Waals surface area contributed by atoms with Crippen LogP contribution in [0.5, 0.6) is 0 Å². The Bertz CT molecular complexity index is 974. The smallest absolute Gasteiger partial charge is 0.303 e. The maximum Gasteiger partial charge on any atom is 0.303 e. The van der Waals surface area contributed by atoms with Crippen molar-refractivity contribution in [3.63, 3.8) is 0 Å². The lowest BCUT2D eigenvalue weighted by Crippen LogP contribution is -2.46. The second-order valence-electron chi connectivity index (χ2n) is 7.19. The van der Waals surface area contributed by atoms with Crippen molar-refractivity contribution in [2.24, 2.45) is 5.16 Å². The first-order chi connectivity index (χ1) is 15.0. The highest BCUT2D eigenvalue weighted by Gasteiger charge is 2.38. The molecule has 8 nitrogen and oxygen atoms in total. The lowest BCUT2D eigenvalue weighted by atomic mass is 9.98. The number of benzene rings is 2. The summed E-state index contributed by atoms with van der Waals surface area (Å²) in [5.41, 5.74) is 2.78. The number of aliphatic carboxylic acids is 1. The molecule has 2 aromatic rings. The number of nitrogens with one attached hydrogen (secondary N) is 1. The minimum atomic E-state index is -0.918. The largest absolute Gasteiger partial charge is 0.481 e. The van der Waals surface area contributed by atoms with Gasteiger partial charge in [0.2, 0.25) is 5.91 Å².